The molecule has 1 heterocycles. The van der Waals surface area contributed by atoms with Crippen molar-refractivity contribution in [1.29, 1.82) is 0 Å². The van der Waals surface area contributed by atoms with E-state index in [4.69, 9.17) is 4.74 Å². The summed E-state index contributed by atoms with van der Waals surface area (Å²) >= 11 is 0. The van der Waals surface area contributed by atoms with Gasteiger partial charge in [-0.2, -0.15) is 0 Å². The molecule has 1 aliphatic rings. The predicted octanol–water partition coefficient (Wildman–Crippen LogP) is 1.40. The molecule has 0 aliphatic carbocycles. The van der Waals surface area contributed by atoms with Crippen molar-refractivity contribution in [2.45, 2.75) is 19.5 Å². The first-order valence-corrected chi connectivity index (χ1v) is 6.36. The second-order valence-corrected chi connectivity index (χ2v) is 4.89. The molecule has 1 N–H and O–H groups in total. The van der Waals surface area contributed by atoms with Gasteiger partial charge in [0, 0.05) is 38.3 Å². The third-order valence-corrected chi connectivity index (χ3v) is 3.26. The van der Waals surface area contributed by atoms with E-state index in [9.17, 15) is 10.1 Å². The minimum Gasteiger partial charge on any atom is -0.496 e. The van der Waals surface area contributed by atoms with Crippen LogP contribution in [0.3, 0.4) is 0 Å². The maximum absolute atomic E-state index is 10.9. The number of non-ortho nitro benzene ring substituents is 1. The Morgan fingerprint density at radius 2 is 2.32 bits per heavy atom. The van der Waals surface area contributed by atoms with Crippen LogP contribution in [0.2, 0.25) is 0 Å². The zero-order valence-electron chi connectivity index (χ0n) is 11.3. The Morgan fingerprint density at radius 1 is 1.53 bits per heavy atom. The molecule has 1 aliphatic heterocycles. The highest BCUT2D eigenvalue weighted by Crippen LogP contribution is 2.23. The van der Waals surface area contributed by atoms with Crippen LogP contribution in [0.1, 0.15) is 12.5 Å². The lowest BCUT2D eigenvalue weighted by Crippen LogP contribution is -2.48. The lowest BCUT2D eigenvalue weighted by atomic mass is 10.1. The van der Waals surface area contributed by atoms with Gasteiger partial charge in [-0.15, -0.1) is 0 Å². The molecule has 1 aromatic carbocycles. The van der Waals surface area contributed by atoms with Crippen molar-refractivity contribution in [3.63, 3.8) is 0 Å². The van der Waals surface area contributed by atoms with Crippen molar-refractivity contribution in [1.82, 2.24) is 10.2 Å². The summed E-state index contributed by atoms with van der Waals surface area (Å²) in [6.07, 6.45) is 0. The molecule has 6 heteroatoms. The summed E-state index contributed by atoms with van der Waals surface area (Å²) in [7, 11) is 1.52. The molecule has 0 radical (unpaired) electrons. The van der Waals surface area contributed by atoms with E-state index in [0.717, 1.165) is 25.2 Å². The summed E-state index contributed by atoms with van der Waals surface area (Å²) in [5, 5.41) is 14.3. The van der Waals surface area contributed by atoms with Gasteiger partial charge in [0.05, 0.1) is 18.1 Å². The van der Waals surface area contributed by atoms with Crippen LogP contribution in [0.25, 0.3) is 0 Å². The molecular weight excluding hydrogens is 246 g/mol. The Morgan fingerprint density at radius 3 is 2.95 bits per heavy atom. The zero-order valence-corrected chi connectivity index (χ0v) is 11.3. The normalized spacial score (nSPS) is 20.2. The number of rotatable bonds is 4. The number of piperazine rings is 1. The fourth-order valence-electron chi connectivity index (χ4n) is 2.37. The third-order valence-electron chi connectivity index (χ3n) is 3.26. The summed E-state index contributed by atoms with van der Waals surface area (Å²) in [4.78, 5) is 12.8. The second-order valence-electron chi connectivity index (χ2n) is 4.89. The Balaban J connectivity index is 2.14. The lowest BCUT2D eigenvalue weighted by Gasteiger charge is -2.31. The fraction of sp³-hybridized carbons (Fsp3) is 0.538. The number of nitro groups is 1. The van der Waals surface area contributed by atoms with Crippen LogP contribution in [-0.4, -0.2) is 42.6 Å². The first-order chi connectivity index (χ1) is 9.08. The lowest BCUT2D eigenvalue weighted by molar-refractivity contribution is -0.385. The first kappa shape index (κ1) is 13.8. The van der Waals surface area contributed by atoms with Crippen LogP contribution in [0.15, 0.2) is 18.2 Å². The van der Waals surface area contributed by atoms with Crippen LogP contribution < -0.4 is 10.1 Å². The molecule has 0 unspecified atom stereocenters. The number of benzene rings is 1. The van der Waals surface area contributed by atoms with E-state index < -0.39 is 0 Å². The number of nitrogens with one attached hydrogen (secondary N) is 1. The SMILES string of the molecule is COc1cc(CN2CCN[C@H](C)C2)cc([N+](=O)[O-])c1. The van der Waals surface area contributed by atoms with Crippen molar-refractivity contribution < 1.29 is 9.66 Å². The number of methoxy groups -OCH3 is 1. The smallest absolute Gasteiger partial charge is 0.273 e. The Hall–Kier alpha value is -1.66. The quantitative estimate of drug-likeness (QED) is 0.658. The molecule has 1 fully saturated rings. The predicted molar refractivity (Wildman–Crippen MR) is 72.4 cm³/mol. The highest BCUT2D eigenvalue weighted by Gasteiger charge is 2.17. The van der Waals surface area contributed by atoms with Crippen LogP contribution in [-0.2, 0) is 6.54 Å². The molecule has 1 saturated heterocycles. The molecule has 0 saturated carbocycles. The molecule has 1 aromatic rings. The summed E-state index contributed by atoms with van der Waals surface area (Å²) in [5.41, 5.74) is 0.998. The van der Waals surface area contributed by atoms with Crippen LogP contribution in [0.4, 0.5) is 5.69 Å². The molecule has 0 bridgehead atoms. The van der Waals surface area contributed by atoms with Gasteiger partial charge in [0.25, 0.3) is 5.69 Å². The summed E-state index contributed by atoms with van der Waals surface area (Å²) < 4.78 is 5.12. The molecule has 6 nitrogen and oxygen atoms in total. The average Bonchev–Trinajstić information content (AvgIpc) is 2.38. The van der Waals surface area contributed by atoms with Crippen molar-refractivity contribution in [3.8, 4) is 5.75 Å². The third kappa shape index (κ3) is 3.65. The fourth-order valence-corrected chi connectivity index (χ4v) is 2.37. The Bertz CT molecular complexity index is 464. The number of hydrogen-bond acceptors (Lipinski definition) is 5. The van der Waals surface area contributed by atoms with Gasteiger partial charge in [0.1, 0.15) is 5.75 Å². The standard InChI is InChI=1S/C13H19N3O3/c1-10-8-15(4-3-14-10)9-11-5-12(16(17)18)7-13(6-11)19-2/h5-7,10,14H,3-4,8-9H2,1-2H3/t10-/m1/s1. The maximum Gasteiger partial charge on any atom is 0.273 e. The van der Waals surface area contributed by atoms with E-state index in [0.29, 0.717) is 18.3 Å². The van der Waals surface area contributed by atoms with Crippen LogP contribution in [0, 0.1) is 10.1 Å². The van der Waals surface area contributed by atoms with Crippen molar-refractivity contribution >= 4 is 5.69 Å². The largest absolute Gasteiger partial charge is 0.496 e. The molecule has 104 valence electrons. The molecule has 19 heavy (non-hydrogen) atoms. The minimum atomic E-state index is -0.383. The van der Waals surface area contributed by atoms with Gasteiger partial charge >= 0.3 is 0 Å². The van der Waals surface area contributed by atoms with Gasteiger partial charge < -0.3 is 10.1 Å². The number of nitro benzene ring substituents is 1. The van der Waals surface area contributed by atoms with Crippen molar-refractivity contribution in [2.75, 3.05) is 26.7 Å². The number of hydrogen-bond donors (Lipinski definition) is 1. The van der Waals surface area contributed by atoms with Crippen molar-refractivity contribution in [3.05, 3.63) is 33.9 Å². The summed E-state index contributed by atoms with van der Waals surface area (Å²) in [6, 6.07) is 5.38. The van der Waals surface area contributed by atoms with E-state index in [1.54, 1.807) is 6.07 Å². The van der Waals surface area contributed by atoms with Gasteiger partial charge in [-0.05, 0) is 18.6 Å². The topological polar surface area (TPSA) is 67.6 Å². The molecule has 0 aromatic heterocycles. The highest BCUT2D eigenvalue weighted by molar-refractivity contribution is 5.42. The van der Waals surface area contributed by atoms with Gasteiger partial charge in [0.2, 0.25) is 0 Å². The van der Waals surface area contributed by atoms with Gasteiger partial charge in [0.15, 0.2) is 0 Å². The van der Waals surface area contributed by atoms with Gasteiger partial charge in [-0.3, -0.25) is 15.0 Å². The zero-order chi connectivity index (χ0) is 13.8. The van der Waals surface area contributed by atoms with E-state index in [1.165, 1.54) is 13.2 Å². The monoisotopic (exact) mass is 265 g/mol. The molecular formula is C13H19N3O3. The average molecular weight is 265 g/mol. The molecule has 1 atom stereocenters. The van der Waals surface area contributed by atoms with E-state index in [1.807, 2.05) is 6.07 Å². The van der Waals surface area contributed by atoms with Gasteiger partial charge in [-0.1, -0.05) is 0 Å². The van der Waals surface area contributed by atoms with Crippen LogP contribution in [0.5, 0.6) is 5.75 Å². The van der Waals surface area contributed by atoms with E-state index >= 15 is 0 Å². The Kier molecular flexibility index (Phi) is 4.34. The summed E-state index contributed by atoms with van der Waals surface area (Å²) in [6.45, 7) is 5.71. The van der Waals surface area contributed by atoms with E-state index in [2.05, 4.69) is 17.1 Å². The number of nitrogens with zero attached hydrogens (tertiary/aromatic N) is 2. The number of ether oxygens (including phenoxy) is 1. The van der Waals surface area contributed by atoms with Crippen LogP contribution >= 0.6 is 0 Å². The first-order valence-electron chi connectivity index (χ1n) is 6.36. The van der Waals surface area contributed by atoms with Crippen molar-refractivity contribution in [2.24, 2.45) is 0 Å². The minimum absolute atomic E-state index is 0.0810. The Labute approximate surface area is 112 Å². The molecule has 0 amide bonds. The highest BCUT2D eigenvalue weighted by atomic mass is 16.6. The van der Waals surface area contributed by atoms with Gasteiger partial charge in [-0.25, -0.2) is 0 Å². The summed E-state index contributed by atoms with van der Waals surface area (Å²) in [5.74, 6) is 0.535. The molecule has 2 rings (SSSR count). The maximum atomic E-state index is 10.9. The second kappa shape index (κ2) is 5.99. The molecule has 0 spiro atoms. The van der Waals surface area contributed by atoms with E-state index in [-0.39, 0.29) is 10.6 Å².